The van der Waals surface area contributed by atoms with E-state index in [0.29, 0.717) is 0 Å². The smallest absolute Gasteiger partial charge is 0.0446 e. The van der Waals surface area contributed by atoms with Crippen LogP contribution in [0, 0.1) is 5.92 Å². The van der Waals surface area contributed by atoms with E-state index < -0.39 is 0 Å². The van der Waals surface area contributed by atoms with Gasteiger partial charge in [-0.25, -0.2) is 0 Å². The maximum atomic E-state index is 2.31. The first-order valence-electron chi connectivity index (χ1n) is 5.72. The molecule has 0 fully saturated rings. The molecule has 0 aromatic heterocycles. The quantitative estimate of drug-likeness (QED) is 0.546. The Morgan fingerprint density at radius 1 is 0.917 bits per heavy atom. The van der Waals surface area contributed by atoms with Gasteiger partial charge in [-0.15, -0.1) is 0 Å². The third-order valence-electron chi connectivity index (χ3n) is 1.48. The van der Waals surface area contributed by atoms with Gasteiger partial charge >= 0.3 is 0 Å². The summed E-state index contributed by atoms with van der Waals surface area (Å²) in [6.45, 7) is 15.1. The average molecular weight is 174 g/mol. The SMILES string of the molecule is CC.CCC.CCCC(C)CC. The van der Waals surface area contributed by atoms with Gasteiger partial charge in [0.15, 0.2) is 0 Å². The monoisotopic (exact) mass is 174 g/mol. The van der Waals surface area contributed by atoms with E-state index in [4.69, 9.17) is 0 Å². The minimum Gasteiger partial charge on any atom is -0.0683 e. The largest absolute Gasteiger partial charge is 0.0683 e. The summed E-state index contributed by atoms with van der Waals surface area (Å²) in [5.74, 6) is 0.949. The fourth-order valence-electron chi connectivity index (χ4n) is 0.697. The van der Waals surface area contributed by atoms with Gasteiger partial charge in [0.1, 0.15) is 0 Å². The highest BCUT2D eigenvalue weighted by molar-refractivity contribution is 4.45. The second-order valence-electron chi connectivity index (χ2n) is 3.01. The summed E-state index contributed by atoms with van der Waals surface area (Å²) >= 11 is 0. The molecule has 0 aromatic rings. The number of rotatable bonds is 3. The van der Waals surface area contributed by atoms with Crippen molar-refractivity contribution in [1.29, 1.82) is 0 Å². The zero-order chi connectivity index (χ0) is 10.4. The molecule has 0 radical (unpaired) electrons. The molecule has 0 heteroatoms. The molecule has 78 valence electrons. The van der Waals surface area contributed by atoms with Gasteiger partial charge < -0.3 is 0 Å². The van der Waals surface area contributed by atoms with Crippen LogP contribution in [0.25, 0.3) is 0 Å². The van der Waals surface area contributed by atoms with Crippen LogP contribution in [0.2, 0.25) is 0 Å². The van der Waals surface area contributed by atoms with Crippen LogP contribution in [0.1, 0.15) is 74.1 Å². The molecule has 0 saturated heterocycles. The molecule has 0 saturated carbocycles. The van der Waals surface area contributed by atoms with Crippen molar-refractivity contribution >= 4 is 0 Å². The first kappa shape index (κ1) is 17.9. The van der Waals surface area contributed by atoms with Crippen molar-refractivity contribution in [1.82, 2.24) is 0 Å². The van der Waals surface area contributed by atoms with Gasteiger partial charge in [0.2, 0.25) is 0 Å². The zero-order valence-electron chi connectivity index (χ0n) is 10.4. The van der Waals surface area contributed by atoms with Crippen molar-refractivity contribution in [3.05, 3.63) is 0 Å². The average Bonchev–Trinajstić information content (AvgIpc) is 2.10. The highest BCUT2D eigenvalue weighted by atomic mass is 14.0. The fourth-order valence-corrected chi connectivity index (χ4v) is 0.697. The highest BCUT2D eigenvalue weighted by Crippen LogP contribution is 2.07. The van der Waals surface area contributed by atoms with E-state index in [-0.39, 0.29) is 0 Å². The van der Waals surface area contributed by atoms with E-state index in [1.54, 1.807) is 0 Å². The summed E-state index contributed by atoms with van der Waals surface area (Å²) in [6, 6.07) is 0. The minimum atomic E-state index is 0.949. The highest BCUT2D eigenvalue weighted by Gasteiger charge is 1.92. The lowest BCUT2D eigenvalue weighted by Gasteiger charge is -2.02. The normalized spacial score (nSPS) is 10.2. The molecule has 1 unspecified atom stereocenters. The molecule has 0 rings (SSSR count). The second kappa shape index (κ2) is 22.4. The molecule has 0 bridgehead atoms. The molecular formula is C12H30. The predicted molar refractivity (Wildman–Crippen MR) is 61.7 cm³/mol. The van der Waals surface area contributed by atoms with Crippen LogP contribution in [-0.2, 0) is 0 Å². The van der Waals surface area contributed by atoms with E-state index in [1.807, 2.05) is 13.8 Å². The van der Waals surface area contributed by atoms with Crippen molar-refractivity contribution in [3.8, 4) is 0 Å². The van der Waals surface area contributed by atoms with Gasteiger partial charge in [-0.05, 0) is 5.92 Å². The van der Waals surface area contributed by atoms with Crippen molar-refractivity contribution in [2.24, 2.45) is 5.92 Å². The molecule has 0 aliphatic rings. The Morgan fingerprint density at radius 2 is 1.25 bits per heavy atom. The van der Waals surface area contributed by atoms with Crippen molar-refractivity contribution in [2.45, 2.75) is 74.1 Å². The molecule has 1 atom stereocenters. The van der Waals surface area contributed by atoms with Gasteiger partial charge in [0, 0.05) is 0 Å². The first-order valence-corrected chi connectivity index (χ1v) is 5.72. The Balaban J connectivity index is -0.000000137. The summed E-state index contributed by atoms with van der Waals surface area (Å²) in [5, 5.41) is 0. The van der Waals surface area contributed by atoms with E-state index in [0.717, 1.165) is 5.92 Å². The van der Waals surface area contributed by atoms with E-state index in [1.165, 1.54) is 25.7 Å². The lowest BCUT2D eigenvalue weighted by molar-refractivity contribution is 0.509. The van der Waals surface area contributed by atoms with E-state index in [9.17, 15) is 0 Å². The third kappa shape index (κ3) is 32.4. The first-order chi connectivity index (χ1) is 5.72. The topological polar surface area (TPSA) is 0 Å². The van der Waals surface area contributed by atoms with Gasteiger partial charge in [-0.1, -0.05) is 74.1 Å². The Bertz CT molecular complexity index is 39.3. The molecule has 0 spiro atoms. The number of hydrogen-bond acceptors (Lipinski definition) is 0. The molecule has 0 aliphatic carbocycles. The van der Waals surface area contributed by atoms with Crippen LogP contribution < -0.4 is 0 Å². The molecule has 0 heterocycles. The molecule has 0 N–H and O–H groups in total. The van der Waals surface area contributed by atoms with Crippen LogP contribution in [0.15, 0.2) is 0 Å². The van der Waals surface area contributed by atoms with E-state index in [2.05, 4.69) is 34.6 Å². The molecule has 0 aromatic carbocycles. The summed E-state index contributed by atoms with van der Waals surface area (Å²) < 4.78 is 0. The lowest BCUT2D eigenvalue weighted by Crippen LogP contribution is -1.88. The Morgan fingerprint density at radius 3 is 1.33 bits per heavy atom. The fraction of sp³-hybridized carbons (Fsp3) is 1.00. The molecule has 0 aliphatic heterocycles. The van der Waals surface area contributed by atoms with Crippen LogP contribution in [0.4, 0.5) is 0 Å². The maximum absolute atomic E-state index is 2.31. The Labute approximate surface area is 80.8 Å². The minimum absolute atomic E-state index is 0.949. The zero-order valence-corrected chi connectivity index (χ0v) is 10.4. The van der Waals surface area contributed by atoms with E-state index >= 15 is 0 Å². The van der Waals surface area contributed by atoms with Gasteiger partial charge in [0.05, 0.1) is 0 Å². The van der Waals surface area contributed by atoms with Crippen LogP contribution >= 0.6 is 0 Å². The summed E-state index contributed by atoms with van der Waals surface area (Å²) in [5.41, 5.74) is 0. The summed E-state index contributed by atoms with van der Waals surface area (Å²) in [4.78, 5) is 0. The Hall–Kier alpha value is 0. The number of hydrogen-bond donors (Lipinski definition) is 0. The summed E-state index contributed by atoms with van der Waals surface area (Å²) in [6.07, 6.45) is 5.33. The lowest BCUT2D eigenvalue weighted by atomic mass is 10.0. The van der Waals surface area contributed by atoms with Gasteiger partial charge in [-0.2, -0.15) is 0 Å². The van der Waals surface area contributed by atoms with Crippen molar-refractivity contribution in [2.75, 3.05) is 0 Å². The van der Waals surface area contributed by atoms with Crippen molar-refractivity contribution in [3.63, 3.8) is 0 Å². The van der Waals surface area contributed by atoms with Crippen molar-refractivity contribution < 1.29 is 0 Å². The molecule has 0 amide bonds. The van der Waals surface area contributed by atoms with Crippen LogP contribution in [-0.4, -0.2) is 0 Å². The molecule has 0 nitrogen and oxygen atoms in total. The summed E-state index contributed by atoms with van der Waals surface area (Å²) in [7, 11) is 0. The van der Waals surface area contributed by atoms with Crippen LogP contribution in [0.5, 0.6) is 0 Å². The van der Waals surface area contributed by atoms with Crippen LogP contribution in [0.3, 0.4) is 0 Å². The molecule has 12 heavy (non-hydrogen) atoms. The van der Waals surface area contributed by atoms with Gasteiger partial charge in [-0.3, -0.25) is 0 Å². The maximum Gasteiger partial charge on any atom is -0.0446 e. The standard InChI is InChI=1S/C7H16.C3H8.C2H6/c1-4-6-7(3)5-2;1-3-2;1-2/h7H,4-6H2,1-3H3;3H2,1-2H3;1-2H3. The molecular weight excluding hydrogens is 144 g/mol. The third-order valence-corrected chi connectivity index (χ3v) is 1.48. The van der Waals surface area contributed by atoms with Gasteiger partial charge in [0.25, 0.3) is 0 Å². The second-order valence-corrected chi connectivity index (χ2v) is 3.01. The Kier molecular flexibility index (Phi) is 33.5. The predicted octanol–water partition coefficient (Wildman–Crippen LogP) is 5.28.